The Morgan fingerprint density at radius 2 is 1.70 bits per heavy atom. The fourth-order valence-corrected chi connectivity index (χ4v) is 6.09. The summed E-state index contributed by atoms with van der Waals surface area (Å²) < 4.78 is 58.0. The molecule has 0 saturated carbocycles. The molecule has 0 fully saturated rings. The lowest BCUT2D eigenvalue weighted by Gasteiger charge is -2.34. The van der Waals surface area contributed by atoms with Crippen molar-refractivity contribution in [2.24, 2.45) is 22.8 Å². The van der Waals surface area contributed by atoms with Crippen molar-refractivity contribution in [3.63, 3.8) is 0 Å². The minimum Gasteiger partial charge on any atom is -0.496 e. The van der Waals surface area contributed by atoms with Crippen LogP contribution in [0.15, 0.2) is 42.5 Å². The highest BCUT2D eigenvalue weighted by Gasteiger charge is 2.39. The number of halogens is 3. The molecule has 1 heterocycles. The number of rotatable bonds is 16. The minimum absolute atomic E-state index is 0.272. The maximum atomic E-state index is 13.4. The topological polar surface area (TPSA) is 96.8 Å². The van der Waals surface area contributed by atoms with Crippen LogP contribution >= 0.6 is 11.3 Å². The zero-order chi connectivity index (χ0) is 32.7. The summed E-state index contributed by atoms with van der Waals surface area (Å²) in [7, 11) is 1.67. The summed E-state index contributed by atoms with van der Waals surface area (Å²) in [6.07, 6.45) is -0.765. The molecule has 44 heavy (non-hydrogen) atoms. The van der Waals surface area contributed by atoms with Gasteiger partial charge in [-0.05, 0) is 94.3 Å². The van der Waals surface area contributed by atoms with Crippen LogP contribution < -0.4 is 20.9 Å². The summed E-state index contributed by atoms with van der Waals surface area (Å²) in [5.74, 6) is -0.511. The monoisotopic (exact) mass is 636 g/mol. The molecule has 1 aromatic heterocycles. The first-order chi connectivity index (χ1) is 20.5. The van der Waals surface area contributed by atoms with Crippen LogP contribution in [0.4, 0.5) is 13.2 Å². The molecule has 10 heteroatoms. The van der Waals surface area contributed by atoms with Crippen molar-refractivity contribution in [1.29, 1.82) is 0 Å². The lowest BCUT2D eigenvalue weighted by molar-refractivity contribution is -0.166. The zero-order valence-electron chi connectivity index (χ0n) is 26.7. The fourth-order valence-electron chi connectivity index (χ4n) is 4.97. The van der Waals surface area contributed by atoms with Crippen LogP contribution in [-0.2, 0) is 16.0 Å². The highest BCUT2D eigenvalue weighted by molar-refractivity contribution is 7.22. The first kappa shape index (κ1) is 35.7. The van der Waals surface area contributed by atoms with Gasteiger partial charge in [0.15, 0.2) is 0 Å². The molecule has 0 aliphatic carbocycles. The van der Waals surface area contributed by atoms with Crippen LogP contribution in [0.1, 0.15) is 72.3 Å². The molecule has 3 rings (SSSR count). The largest absolute Gasteiger partial charge is 0.496 e. The van der Waals surface area contributed by atoms with Crippen molar-refractivity contribution < 1.29 is 32.2 Å². The molecule has 4 N–H and O–H groups in total. The van der Waals surface area contributed by atoms with E-state index in [4.69, 9.17) is 25.7 Å². The number of aryl methyl sites for hydroxylation is 1. The normalized spacial score (nSPS) is 14.0. The van der Waals surface area contributed by atoms with E-state index in [1.165, 1.54) is 18.4 Å². The predicted octanol–water partition coefficient (Wildman–Crippen LogP) is 8.28. The van der Waals surface area contributed by atoms with Crippen LogP contribution in [0.5, 0.6) is 11.5 Å². The van der Waals surface area contributed by atoms with E-state index in [1.807, 2.05) is 12.1 Å². The number of hydrogen-bond acceptors (Lipinski definition) is 7. The van der Waals surface area contributed by atoms with Crippen molar-refractivity contribution in [2.45, 2.75) is 90.9 Å². The number of carbonyl (C=O) groups is 1. The Kier molecular flexibility index (Phi) is 12.1. The maximum Gasteiger partial charge on any atom is 0.389 e. The quantitative estimate of drug-likeness (QED) is 0.121. The van der Waals surface area contributed by atoms with Crippen LogP contribution in [0.2, 0.25) is 0 Å². The number of esters is 1. The third-order valence-electron chi connectivity index (χ3n) is 7.75. The molecule has 0 aliphatic heterocycles. The zero-order valence-corrected chi connectivity index (χ0v) is 27.5. The second-order valence-corrected chi connectivity index (χ2v) is 14.0. The molecule has 0 saturated heterocycles. The van der Waals surface area contributed by atoms with Crippen molar-refractivity contribution in [3.8, 4) is 21.9 Å². The van der Waals surface area contributed by atoms with Gasteiger partial charge in [0.2, 0.25) is 0 Å². The average Bonchev–Trinajstić information content (AvgIpc) is 3.36. The van der Waals surface area contributed by atoms with Gasteiger partial charge in [-0.1, -0.05) is 25.8 Å². The van der Waals surface area contributed by atoms with E-state index in [0.29, 0.717) is 12.2 Å². The van der Waals surface area contributed by atoms with Crippen LogP contribution in [0.3, 0.4) is 0 Å². The molecule has 2 unspecified atom stereocenters. The molecular weight excluding hydrogens is 589 g/mol. The van der Waals surface area contributed by atoms with Gasteiger partial charge in [-0.15, -0.1) is 11.3 Å². The van der Waals surface area contributed by atoms with E-state index >= 15 is 0 Å². The van der Waals surface area contributed by atoms with Gasteiger partial charge in [0.25, 0.3) is 0 Å². The molecule has 0 bridgehead atoms. The molecule has 3 aromatic rings. The number of carbonyl (C=O) groups excluding carboxylic acids is 1. The highest BCUT2D eigenvalue weighted by Crippen LogP contribution is 2.40. The van der Waals surface area contributed by atoms with Crippen LogP contribution in [0.25, 0.3) is 20.5 Å². The van der Waals surface area contributed by atoms with Gasteiger partial charge in [-0.2, -0.15) is 13.2 Å². The van der Waals surface area contributed by atoms with Gasteiger partial charge >= 0.3 is 12.1 Å². The second kappa shape index (κ2) is 15.0. The van der Waals surface area contributed by atoms with Crippen molar-refractivity contribution >= 4 is 27.4 Å². The third-order valence-corrected chi connectivity index (χ3v) is 8.88. The molecule has 2 aromatic carbocycles. The number of fused-ring (bicyclic) bond motifs is 1. The summed E-state index contributed by atoms with van der Waals surface area (Å²) in [5.41, 5.74) is 12.7. The van der Waals surface area contributed by atoms with E-state index in [0.717, 1.165) is 39.1 Å². The van der Waals surface area contributed by atoms with Gasteiger partial charge in [-0.3, -0.25) is 4.79 Å². The van der Waals surface area contributed by atoms with Crippen molar-refractivity contribution in [2.75, 3.05) is 20.3 Å². The summed E-state index contributed by atoms with van der Waals surface area (Å²) in [5, 5.41) is 0.992. The van der Waals surface area contributed by atoms with Crippen LogP contribution in [0, 0.1) is 11.3 Å². The van der Waals surface area contributed by atoms with Gasteiger partial charge < -0.3 is 25.7 Å². The number of methoxy groups -OCH3 is 1. The predicted molar refractivity (Wildman–Crippen MR) is 172 cm³/mol. The summed E-state index contributed by atoms with van der Waals surface area (Å²) >= 11 is 1.56. The minimum atomic E-state index is -4.45. The van der Waals surface area contributed by atoms with E-state index in [-0.39, 0.29) is 6.61 Å². The Morgan fingerprint density at radius 3 is 2.34 bits per heavy atom. The second-order valence-electron chi connectivity index (χ2n) is 12.9. The molecule has 2 atom stereocenters. The third kappa shape index (κ3) is 10.4. The van der Waals surface area contributed by atoms with Gasteiger partial charge in [0.05, 0.1) is 32.2 Å². The lowest BCUT2D eigenvalue weighted by atomic mass is 9.79. The number of unbranched alkanes of at least 4 members (excludes halogenated alkanes) is 2. The Bertz CT molecular complexity index is 1380. The van der Waals surface area contributed by atoms with Crippen molar-refractivity contribution in [3.05, 3.63) is 48.0 Å². The Labute approximate surface area is 263 Å². The van der Waals surface area contributed by atoms with Gasteiger partial charge in [-0.25, -0.2) is 0 Å². The molecule has 6 nitrogen and oxygen atoms in total. The summed E-state index contributed by atoms with van der Waals surface area (Å²) in [4.78, 5) is 13.9. The number of nitrogens with two attached hydrogens (primary N) is 2. The van der Waals surface area contributed by atoms with E-state index < -0.39 is 48.1 Å². The SMILES string of the molecule is CCCCCc1ccc(-c2cc3ccc(OCC(COC(=O)C(C)(C)C(N)CC(C)(C)N)CC(F)(F)F)cc3s2)c(OC)c1. The van der Waals surface area contributed by atoms with Gasteiger partial charge in [0.1, 0.15) is 11.5 Å². The molecular formula is C34H47F3N2O4S. The number of alkyl halides is 3. The average molecular weight is 637 g/mol. The van der Waals surface area contributed by atoms with Gasteiger partial charge in [0, 0.05) is 32.6 Å². The fraction of sp³-hybridized carbons (Fsp3) is 0.559. The first-order valence-corrected chi connectivity index (χ1v) is 16.0. The number of hydrogen-bond donors (Lipinski definition) is 2. The Hall–Kier alpha value is -2.82. The first-order valence-electron chi connectivity index (χ1n) is 15.1. The smallest absolute Gasteiger partial charge is 0.389 e. The standard InChI is InChI=1S/C34H47F3N2O4S/c1-7-8-9-10-22-11-14-26(27(15-22)41-6)29-16-24-12-13-25(17-28(24)44-29)42-20-23(18-34(35,36)37)21-43-31(40)33(4,5)30(38)19-32(2,3)39/h11-17,23,30H,7-10,18-21,38-39H2,1-6H3. The highest BCUT2D eigenvalue weighted by atomic mass is 32.1. The molecule has 0 spiro atoms. The summed E-state index contributed by atoms with van der Waals surface area (Å²) in [6.45, 7) is 8.29. The molecule has 0 aliphatic rings. The molecule has 0 amide bonds. The Balaban J connectivity index is 1.70. The van der Waals surface area contributed by atoms with Crippen LogP contribution in [-0.4, -0.2) is 44.0 Å². The summed E-state index contributed by atoms with van der Waals surface area (Å²) in [6, 6.07) is 13.2. The lowest BCUT2D eigenvalue weighted by Crippen LogP contribution is -2.50. The number of benzene rings is 2. The van der Waals surface area contributed by atoms with E-state index in [1.54, 1.807) is 52.2 Å². The number of ether oxygens (including phenoxy) is 3. The molecule has 0 radical (unpaired) electrons. The van der Waals surface area contributed by atoms with Crippen molar-refractivity contribution in [1.82, 2.24) is 0 Å². The van der Waals surface area contributed by atoms with E-state index in [9.17, 15) is 18.0 Å². The maximum absolute atomic E-state index is 13.4. The van der Waals surface area contributed by atoms with E-state index in [2.05, 4.69) is 31.2 Å². The Morgan fingerprint density at radius 1 is 0.977 bits per heavy atom. The number of thiophene rings is 1. The molecule has 244 valence electrons.